The summed E-state index contributed by atoms with van der Waals surface area (Å²) < 4.78 is 1.33. The molecule has 1 aliphatic heterocycles. The average Bonchev–Trinajstić information content (AvgIpc) is 3.56. The Bertz CT molecular complexity index is 1590. The Morgan fingerprint density at radius 1 is 0.814 bits per heavy atom. The minimum Gasteiger partial charge on any atom is -0.507 e. The number of anilines is 1. The van der Waals surface area contributed by atoms with Crippen molar-refractivity contribution in [2.24, 2.45) is 4.99 Å². The summed E-state index contributed by atoms with van der Waals surface area (Å²) in [5.74, 6) is 0.250. The normalized spacial score (nSPS) is 15.3. The van der Waals surface area contributed by atoms with E-state index in [1.807, 2.05) is 43.3 Å². The molecule has 0 aromatic heterocycles. The number of halogens is 1. The number of benzene rings is 4. The van der Waals surface area contributed by atoms with Crippen LogP contribution >= 0.6 is 9.69 Å². The van der Waals surface area contributed by atoms with Crippen molar-refractivity contribution in [3.8, 4) is 5.75 Å². The molecule has 6 heteroatoms. The minimum atomic E-state index is -0.135. The molecular formula is C37H40ClN3ORu-. The first-order valence-electron chi connectivity index (χ1n) is 14.3. The molecule has 0 unspecified atom stereocenters. The van der Waals surface area contributed by atoms with Gasteiger partial charge in [0.15, 0.2) is 0 Å². The number of fused-ring (bicyclic) bond motifs is 1. The molecular weight excluding hydrogens is 639 g/mol. The number of allylic oxidation sites excluding steroid dienone is 2. The number of likely N-dealkylation sites (N-methyl/N-ethyl adjacent to an activating group) is 1. The van der Waals surface area contributed by atoms with Crippen molar-refractivity contribution in [1.29, 1.82) is 0 Å². The summed E-state index contributed by atoms with van der Waals surface area (Å²) in [5.41, 5.74) is 12.3. The van der Waals surface area contributed by atoms with E-state index in [2.05, 4.69) is 98.7 Å². The van der Waals surface area contributed by atoms with Crippen molar-refractivity contribution in [2.75, 3.05) is 25.0 Å². The SMILES string of the molecule is CC1=C[C](=[Ru][Cl])c2ccccc21.Cc1cc(C)c(N2[CH-]N(C)CC2)c(C)c1.Cc1ccccc1N=Cc1ccccc1O. The summed E-state index contributed by atoms with van der Waals surface area (Å²) >= 11 is -0.135. The number of aliphatic imine (C=N–C) groups is 1. The fourth-order valence-corrected chi connectivity index (χ4v) is 6.96. The van der Waals surface area contributed by atoms with Crippen LogP contribution in [0.3, 0.4) is 0 Å². The van der Waals surface area contributed by atoms with Gasteiger partial charge in [-0.1, -0.05) is 48.0 Å². The van der Waals surface area contributed by atoms with Gasteiger partial charge in [-0.25, -0.2) is 0 Å². The Morgan fingerprint density at radius 3 is 2.07 bits per heavy atom. The third-order valence-corrected chi connectivity index (χ3v) is 9.29. The van der Waals surface area contributed by atoms with Gasteiger partial charge in [-0.15, -0.1) is 0 Å². The summed E-state index contributed by atoms with van der Waals surface area (Å²) in [6, 6.07) is 28.0. The van der Waals surface area contributed by atoms with Crippen LogP contribution in [0.15, 0.2) is 96.0 Å². The summed E-state index contributed by atoms with van der Waals surface area (Å²) in [6.07, 6.45) is 3.88. The molecule has 1 N–H and O–H groups in total. The van der Waals surface area contributed by atoms with Gasteiger partial charge >= 0.3 is 83.4 Å². The molecule has 1 aliphatic carbocycles. The van der Waals surface area contributed by atoms with Gasteiger partial charge in [-0.3, -0.25) is 4.99 Å². The van der Waals surface area contributed by atoms with Crippen molar-refractivity contribution in [2.45, 2.75) is 34.6 Å². The summed E-state index contributed by atoms with van der Waals surface area (Å²) in [5, 5.41) is 9.57. The number of para-hydroxylation sites is 2. The number of aryl methyl sites for hydroxylation is 4. The molecule has 0 atom stereocenters. The van der Waals surface area contributed by atoms with Crippen molar-refractivity contribution in [3.05, 3.63) is 137 Å². The van der Waals surface area contributed by atoms with Gasteiger partial charge in [0.1, 0.15) is 5.75 Å². The molecule has 0 saturated carbocycles. The van der Waals surface area contributed by atoms with E-state index >= 15 is 0 Å². The molecule has 4 nitrogen and oxygen atoms in total. The molecule has 2 aliphatic rings. The number of hydrogen-bond donors (Lipinski definition) is 1. The van der Waals surface area contributed by atoms with Crippen LogP contribution in [0.25, 0.3) is 5.57 Å². The standard InChI is InChI=1S/C14H13NO.C13H19N2.C10H8.ClH.Ru/c1-11-6-2-4-8-13(11)15-10-12-7-3-5-9-14(12)16;1-10-7-11(2)13(12(3)8-10)15-6-5-14(4)9-15;1-8-6-7-9-4-2-3-5-10(8)9;;/h2-10,16H,1H3;7-9H,5-6H2,1-4H3;2-6H,1H3;1H;/q;-1;;;+1/p-1. The number of rotatable bonds is 3. The number of phenols is 1. The van der Waals surface area contributed by atoms with Crippen LogP contribution in [0.1, 0.15) is 45.9 Å². The fraction of sp³-hybridized carbons (Fsp3) is 0.216. The zero-order valence-corrected chi connectivity index (χ0v) is 28.2. The second-order valence-corrected chi connectivity index (χ2v) is 13.0. The molecule has 1 saturated heterocycles. The maximum atomic E-state index is 9.57. The molecule has 0 amide bonds. The molecule has 0 spiro atoms. The first-order chi connectivity index (χ1) is 20.7. The second kappa shape index (κ2) is 15.4. The predicted molar refractivity (Wildman–Crippen MR) is 182 cm³/mol. The molecule has 225 valence electrons. The first-order valence-corrected chi connectivity index (χ1v) is 17.4. The second-order valence-electron chi connectivity index (χ2n) is 10.9. The molecule has 1 heterocycles. The molecule has 0 bridgehead atoms. The van der Waals surface area contributed by atoms with Crippen molar-refractivity contribution >= 4 is 37.0 Å². The van der Waals surface area contributed by atoms with Crippen LogP contribution in [-0.2, 0) is 15.7 Å². The van der Waals surface area contributed by atoms with E-state index in [1.54, 1.807) is 18.3 Å². The molecule has 0 radical (unpaired) electrons. The Labute approximate surface area is 268 Å². The van der Waals surface area contributed by atoms with E-state index < -0.39 is 0 Å². The van der Waals surface area contributed by atoms with Gasteiger partial charge < -0.3 is 14.9 Å². The van der Waals surface area contributed by atoms with Crippen LogP contribution in [0, 0.1) is 34.4 Å². The van der Waals surface area contributed by atoms with Gasteiger partial charge in [-0.05, 0) is 76.2 Å². The topological polar surface area (TPSA) is 39.1 Å². The van der Waals surface area contributed by atoms with Crippen LogP contribution < -0.4 is 4.90 Å². The third-order valence-electron chi connectivity index (χ3n) is 7.36. The quantitative estimate of drug-likeness (QED) is 0.134. The molecule has 6 rings (SSSR count). The van der Waals surface area contributed by atoms with E-state index in [9.17, 15) is 5.11 Å². The zero-order chi connectivity index (χ0) is 30.9. The zero-order valence-electron chi connectivity index (χ0n) is 25.7. The summed E-state index contributed by atoms with van der Waals surface area (Å²) in [6.45, 7) is 15.1. The molecule has 4 aromatic carbocycles. The maximum Gasteiger partial charge on any atom is 0.124 e. The van der Waals surface area contributed by atoms with Gasteiger partial charge in [0.25, 0.3) is 0 Å². The monoisotopic (exact) mass is 679 g/mol. The first kappa shape index (κ1) is 32.5. The Balaban J connectivity index is 0.000000149. The maximum absolute atomic E-state index is 9.57. The van der Waals surface area contributed by atoms with Crippen LogP contribution in [0.5, 0.6) is 5.75 Å². The van der Waals surface area contributed by atoms with Gasteiger partial charge in [0.2, 0.25) is 0 Å². The van der Waals surface area contributed by atoms with E-state index in [0.717, 1.165) is 29.9 Å². The fourth-order valence-electron chi connectivity index (χ4n) is 5.28. The van der Waals surface area contributed by atoms with Crippen molar-refractivity contribution in [1.82, 2.24) is 4.90 Å². The number of aromatic hydroxyl groups is 1. The predicted octanol–water partition coefficient (Wildman–Crippen LogP) is 8.79. The van der Waals surface area contributed by atoms with Gasteiger partial charge in [0, 0.05) is 24.0 Å². The Morgan fingerprint density at radius 2 is 1.44 bits per heavy atom. The Kier molecular flexibility index (Phi) is 11.6. The average molecular weight is 679 g/mol. The summed E-state index contributed by atoms with van der Waals surface area (Å²) in [4.78, 5) is 8.94. The van der Waals surface area contributed by atoms with Crippen LogP contribution in [0.4, 0.5) is 11.4 Å². The van der Waals surface area contributed by atoms with Crippen molar-refractivity contribution in [3.63, 3.8) is 0 Å². The van der Waals surface area contributed by atoms with E-state index in [4.69, 9.17) is 9.69 Å². The molecule has 1 fully saturated rings. The van der Waals surface area contributed by atoms with Gasteiger partial charge in [0.05, 0.1) is 5.69 Å². The van der Waals surface area contributed by atoms with E-state index in [0.29, 0.717) is 0 Å². The van der Waals surface area contributed by atoms with Crippen LogP contribution in [-0.4, -0.2) is 40.5 Å². The largest absolute Gasteiger partial charge is 0.507 e. The number of hydrogen-bond acceptors (Lipinski definition) is 4. The van der Waals surface area contributed by atoms with Crippen molar-refractivity contribution < 1.29 is 20.8 Å². The minimum absolute atomic E-state index is 0.135. The molecule has 4 aromatic rings. The number of nitrogens with zero attached hydrogens (tertiary/aromatic N) is 3. The smallest absolute Gasteiger partial charge is 0.124 e. The van der Waals surface area contributed by atoms with Gasteiger partial charge in [-0.2, -0.15) is 6.67 Å². The third kappa shape index (κ3) is 8.60. The number of phenolic OH excluding ortho intramolecular Hbond substituents is 1. The summed E-state index contributed by atoms with van der Waals surface area (Å²) in [7, 11) is 8.03. The van der Waals surface area contributed by atoms with E-state index in [-0.39, 0.29) is 21.4 Å². The Hall–Kier alpha value is -3.37. The molecule has 43 heavy (non-hydrogen) atoms. The van der Waals surface area contributed by atoms with Crippen LogP contribution in [0.2, 0.25) is 0 Å². The van der Waals surface area contributed by atoms with E-state index in [1.165, 1.54) is 43.2 Å².